The van der Waals surface area contributed by atoms with Crippen LogP contribution >= 0.6 is 0 Å². The standard InChI is InChI=1S/C20H27NO4/c1-5-24-18(22)12-11-17-13-16(15-9-7-6-8-10-15)14-21(17)19(23)25-20(2,3)4/h6-12,16-17H,5,13-14H2,1-4H3/b12-11+/t16-,17-/m1/s1. The van der Waals surface area contributed by atoms with E-state index < -0.39 is 11.6 Å². The highest BCUT2D eigenvalue weighted by atomic mass is 16.6. The molecule has 1 aliphatic heterocycles. The Kier molecular flexibility index (Phi) is 6.23. The molecule has 1 heterocycles. The molecule has 5 nitrogen and oxygen atoms in total. The molecule has 25 heavy (non-hydrogen) atoms. The van der Waals surface area contributed by atoms with E-state index in [4.69, 9.17) is 9.47 Å². The molecule has 0 saturated carbocycles. The van der Waals surface area contributed by atoms with E-state index in [-0.39, 0.29) is 18.1 Å². The second-order valence-electron chi connectivity index (χ2n) is 7.15. The summed E-state index contributed by atoms with van der Waals surface area (Å²) in [6.45, 7) is 8.20. The fraction of sp³-hybridized carbons (Fsp3) is 0.500. The summed E-state index contributed by atoms with van der Waals surface area (Å²) >= 11 is 0. The largest absolute Gasteiger partial charge is 0.463 e. The zero-order chi connectivity index (χ0) is 18.4. The summed E-state index contributed by atoms with van der Waals surface area (Å²) in [6.07, 6.45) is 3.53. The lowest BCUT2D eigenvalue weighted by molar-refractivity contribution is -0.137. The maximum Gasteiger partial charge on any atom is 0.410 e. The van der Waals surface area contributed by atoms with E-state index in [0.717, 1.165) is 6.42 Å². The van der Waals surface area contributed by atoms with Crippen molar-refractivity contribution in [3.63, 3.8) is 0 Å². The van der Waals surface area contributed by atoms with Gasteiger partial charge in [-0.1, -0.05) is 36.4 Å². The van der Waals surface area contributed by atoms with Crippen LogP contribution in [0, 0.1) is 0 Å². The molecule has 0 aromatic heterocycles. The number of likely N-dealkylation sites (tertiary alicyclic amines) is 1. The second kappa shape index (κ2) is 8.19. The first-order valence-corrected chi connectivity index (χ1v) is 8.69. The average molecular weight is 345 g/mol. The van der Waals surface area contributed by atoms with Gasteiger partial charge in [-0.15, -0.1) is 0 Å². The Balaban J connectivity index is 2.16. The Morgan fingerprint density at radius 2 is 1.92 bits per heavy atom. The van der Waals surface area contributed by atoms with Gasteiger partial charge < -0.3 is 14.4 Å². The van der Waals surface area contributed by atoms with Crippen LogP contribution in [0.1, 0.15) is 45.6 Å². The van der Waals surface area contributed by atoms with Gasteiger partial charge in [0.1, 0.15) is 5.60 Å². The second-order valence-corrected chi connectivity index (χ2v) is 7.15. The predicted molar refractivity (Wildman–Crippen MR) is 96.3 cm³/mol. The van der Waals surface area contributed by atoms with Crippen molar-refractivity contribution < 1.29 is 19.1 Å². The van der Waals surface area contributed by atoms with E-state index in [2.05, 4.69) is 12.1 Å². The average Bonchev–Trinajstić information content (AvgIpc) is 2.97. The Morgan fingerprint density at radius 1 is 1.24 bits per heavy atom. The summed E-state index contributed by atoms with van der Waals surface area (Å²) in [5, 5.41) is 0. The number of rotatable bonds is 4. The Hall–Kier alpha value is -2.30. The van der Waals surface area contributed by atoms with Crippen LogP contribution in [-0.4, -0.2) is 41.8 Å². The number of esters is 1. The number of ether oxygens (including phenoxy) is 2. The van der Waals surface area contributed by atoms with Crippen molar-refractivity contribution in [1.82, 2.24) is 4.90 Å². The lowest BCUT2D eigenvalue weighted by Crippen LogP contribution is -2.39. The van der Waals surface area contributed by atoms with Crippen LogP contribution < -0.4 is 0 Å². The summed E-state index contributed by atoms with van der Waals surface area (Å²) < 4.78 is 10.5. The minimum absolute atomic E-state index is 0.190. The zero-order valence-electron chi connectivity index (χ0n) is 15.4. The van der Waals surface area contributed by atoms with Gasteiger partial charge >= 0.3 is 12.1 Å². The molecule has 1 fully saturated rings. The third-order valence-corrected chi connectivity index (χ3v) is 3.98. The van der Waals surface area contributed by atoms with Crippen molar-refractivity contribution in [3.05, 3.63) is 48.0 Å². The van der Waals surface area contributed by atoms with Crippen LogP contribution in [-0.2, 0) is 14.3 Å². The molecule has 1 aliphatic rings. The highest BCUT2D eigenvalue weighted by Gasteiger charge is 2.36. The summed E-state index contributed by atoms with van der Waals surface area (Å²) in [6, 6.07) is 9.90. The van der Waals surface area contributed by atoms with Gasteiger partial charge in [0.15, 0.2) is 0 Å². The minimum Gasteiger partial charge on any atom is -0.463 e. The maximum atomic E-state index is 12.6. The van der Waals surface area contributed by atoms with Crippen LogP contribution in [0.25, 0.3) is 0 Å². The molecule has 0 N–H and O–H groups in total. The Bertz CT molecular complexity index is 618. The number of amides is 1. The highest BCUT2D eigenvalue weighted by Crippen LogP contribution is 2.33. The molecule has 1 aromatic rings. The lowest BCUT2D eigenvalue weighted by atomic mass is 9.96. The Labute approximate surface area is 149 Å². The topological polar surface area (TPSA) is 55.8 Å². The summed E-state index contributed by atoms with van der Waals surface area (Å²) in [5.41, 5.74) is 0.625. The van der Waals surface area contributed by atoms with Crippen molar-refractivity contribution in [3.8, 4) is 0 Å². The van der Waals surface area contributed by atoms with Gasteiger partial charge in [0.05, 0.1) is 12.6 Å². The fourth-order valence-corrected chi connectivity index (χ4v) is 2.93. The number of carbonyl (C=O) groups excluding carboxylic acids is 2. The molecule has 2 rings (SSSR count). The van der Waals surface area contributed by atoms with Crippen molar-refractivity contribution in [2.24, 2.45) is 0 Å². The smallest absolute Gasteiger partial charge is 0.410 e. The molecule has 0 bridgehead atoms. The molecule has 2 atom stereocenters. The van der Waals surface area contributed by atoms with Crippen molar-refractivity contribution in [1.29, 1.82) is 0 Å². The molecule has 1 amide bonds. The first-order valence-electron chi connectivity index (χ1n) is 8.69. The molecule has 0 aliphatic carbocycles. The van der Waals surface area contributed by atoms with Gasteiger partial charge in [0.2, 0.25) is 0 Å². The van der Waals surface area contributed by atoms with Gasteiger partial charge in [0.25, 0.3) is 0 Å². The van der Waals surface area contributed by atoms with E-state index in [1.54, 1.807) is 17.9 Å². The third-order valence-electron chi connectivity index (χ3n) is 3.98. The SMILES string of the molecule is CCOC(=O)/C=C/[C@@H]1C[C@@H](c2ccccc2)CN1C(=O)OC(C)(C)C. The van der Waals surface area contributed by atoms with Crippen molar-refractivity contribution in [2.75, 3.05) is 13.2 Å². The van der Waals surface area contributed by atoms with Gasteiger partial charge in [-0.05, 0) is 39.7 Å². The molecular weight excluding hydrogens is 318 g/mol. The number of hydrogen-bond donors (Lipinski definition) is 0. The molecule has 0 spiro atoms. The van der Waals surface area contributed by atoms with Crippen LogP contribution in [0.4, 0.5) is 4.79 Å². The van der Waals surface area contributed by atoms with E-state index in [0.29, 0.717) is 13.2 Å². The van der Waals surface area contributed by atoms with Crippen LogP contribution in [0.15, 0.2) is 42.5 Å². The number of nitrogens with zero attached hydrogens (tertiary/aromatic N) is 1. The number of benzene rings is 1. The summed E-state index contributed by atoms with van der Waals surface area (Å²) in [4.78, 5) is 25.9. The van der Waals surface area contributed by atoms with E-state index in [1.165, 1.54) is 11.6 Å². The fourth-order valence-electron chi connectivity index (χ4n) is 2.93. The maximum absolute atomic E-state index is 12.6. The van der Waals surface area contributed by atoms with E-state index in [9.17, 15) is 9.59 Å². The lowest BCUT2D eigenvalue weighted by Gasteiger charge is -2.27. The van der Waals surface area contributed by atoms with Crippen molar-refractivity contribution in [2.45, 2.75) is 51.7 Å². The zero-order valence-corrected chi connectivity index (χ0v) is 15.4. The molecule has 1 saturated heterocycles. The van der Waals surface area contributed by atoms with Crippen molar-refractivity contribution >= 4 is 12.1 Å². The van der Waals surface area contributed by atoms with E-state index in [1.807, 2.05) is 39.0 Å². The predicted octanol–water partition coefficient (Wildman–Crippen LogP) is 3.90. The summed E-state index contributed by atoms with van der Waals surface area (Å²) in [5.74, 6) is -0.180. The number of hydrogen-bond acceptors (Lipinski definition) is 4. The van der Waals surface area contributed by atoms with Gasteiger partial charge in [-0.25, -0.2) is 9.59 Å². The van der Waals surface area contributed by atoms with Gasteiger partial charge in [0, 0.05) is 18.5 Å². The molecule has 1 aromatic carbocycles. The third kappa shape index (κ3) is 5.62. The molecule has 0 unspecified atom stereocenters. The molecule has 136 valence electrons. The highest BCUT2D eigenvalue weighted by molar-refractivity contribution is 5.82. The monoisotopic (exact) mass is 345 g/mol. The molecular formula is C20H27NO4. The number of carbonyl (C=O) groups is 2. The Morgan fingerprint density at radius 3 is 2.52 bits per heavy atom. The minimum atomic E-state index is -0.558. The quantitative estimate of drug-likeness (QED) is 0.613. The van der Waals surface area contributed by atoms with Crippen LogP contribution in [0.3, 0.4) is 0 Å². The summed E-state index contributed by atoms with van der Waals surface area (Å²) in [7, 11) is 0. The van der Waals surface area contributed by atoms with E-state index >= 15 is 0 Å². The molecule has 5 heteroatoms. The van der Waals surface area contributed by atoms with Crippen LogP contribution in [0.5, 0.6) is 0 Å². The molecule has 0 radical (unpaired) electrons. The van der Waals surface area contributed by atoms with Gasteiger partial charge in [-0.2, -0.15) is 0 Å². The first-order chi connectivity index (χ1) is 11.8. The van der Waals surface area contributed by atoms with Crippen LogP contribution in [0.2, 0.25) is 0 Å². The van der Waals surface area contributed by atoms with Gasteiger partial charge in [-0.3, -0.25) is 0 Å². The first kappa shape index (κ1) is 19.0. The normalized spacial score (nSPS) is 20.7.